The third-order valence-corrected chi connectivity index (χ3v) is 5.02. The van der Waals surface area contributed by atoms with Crippen LogP contribution in [0.2, 0.25) is 5.15 Å². The van der Waals surface area contributed by atoms with Crippen molar-refractivity contribution < 1.29 is 0 Å². The van der Waals surface area contributed by atoms with E-state index >= 15 is 0 Å². The molecule has 23 heavy (non-hydrogen) atoms. The van der Waals surface area contributed by atoms with E-state index < -0.39 is 0 Å². The van der Waals surface area contributed by atoms with E-state index in [2.05, 4.69) is 32.4 Å². The van der Waals surface area contributed by atoms with Crippen LogP contribution in [0.5, 0.6) is 0 Å². The molecule has 3 rings (SSSR count). The number of hydrogen-bond acceptors (Lipinski definition) is 5. The molecule has 8 heteroatoms. The van der Waals surface area contributed by atoms with Crippen molar-refractivity contribution in [2.75, 3.05) is 6.54 Å². The van der Waals surface area contributed by atoms with Gasteiger partial charge in [0.15, 0.2) is 5.82 Å². The smallest absolute Gasteiger partial charge is 0.165 e. The number of aromatic nitrogens is 6. The van der Waals surface area contributed by atoms with E-state index in [1.165, 1.54) is 0 Å². The zero-order valence-electron chi connectivity index (χ0n) is 14.0. The van der Waals surface area contributed by atoms with E-state index in [1.54, 1.807) is 4.68 Å². The van der Waals surface area contributed by atoms with Crippen LogP contribution in [-0.4, -0.2) is 41.4 Å². The number of halogens is 1. The summed E-state index contributed by atoms with van der Waals surface area (Å²) in [4.78, 5) is 2.42. The minimum absolute atomic E-state index is 0.299. The molecule has 0 radical (unpaired) electrons. The van der Waals surface area contributed by atoms with E-state index in [1.807, 2.05) is 18.7 Å². The fourth-order valence-corrected chi connectivity index (χ4v) is 3.67. The summed E-state index contributed by atoms with van der Waals surface area (Å²) in [6.45, 7) is 6.88. The maximum absolute atomic E-state index is 6.47. The molecule has 0 aromatic carbocycles. The summed E-state index contributed by atoms with van der Waals surface area (Å²) in [5.74, 6) is 0.933. The van der Waals surface area contributed by atoms with Crippen LogP contribution in [0.1, 0.15) is 55.7 Å². The number of nitrogens with zero attached hydrogens (tertiary/aromatic N) is 7. The third-order valence-electron chi connectivity index (χ3n) is 4.57. The van der Waals surface area contributed by atoms with Crippen molar-refractivity contribution in [2.24, 2.45) is 7.05 Å². The van der Waals surface area contributed by atoms with Gasteiger partial charge < -0.3 is 0 Å². The summed E-state index contributed by atoms with van der Waals surface area (Å²) in [6.07, 6.45) is 4.49. The molecule has 1 aliphatic rings. The molecule has 1 aliphatic heterocycles. The number of unbranched alkanes of at least 4 members (excludes halogenated alkanes) is 1. The van der Waals surface area contributed by atoms with Gasteiger partial charge in [0.25, 0.3) is 0 Å². The Kier molecular flexibility index (Phi) is 4.96. The molecule has 1 fully saturated rings. The number of tetrazole rings is 1. The highest BCUT2D eigenvalue weighted by atomic mass is 35.5. The van der Waals surface area contributed by atoms with Crippen LogP contribution >= 0.6 is 11.6 Å². The van der Waals surface area contributed by atoms with Gasteiger partial charge in [-0.25, -0.2) is 4.68 Å². The van der Waals surface area contributed by atoms with Crippen LogP contribution in [0, 0.1) is 6.92 Å². The molecular formula is C15H24ClN7. The molecule has 0 spiro atoms. The zero-order valence-corrected chi connectivity index (χ0v) is 14.8. The van der Waals surface area contributed by atoms with Crippen molar-refractivity contribution in [3.63, 3.8) is 0 Å². The van der Waals surface area contributed by atoms with E-state index in [4.69, 9.17) is 11.6 Å². The summed E-state index contributed by atoms with van der Waals surface area (Å²) in [6, 6.07) is 0.299. The molecule has 0 bridgehead atoms. The Morgan fingerprint density at radius 2 is 2.17 bits per heavy atom. The fraction of sp³-hybridized carbons (Fsp3) is 0.733. The topological polar surface area (TPSA) is 64.7 Å². The third kappa shape index (κ3) is 3.26. The first-order valence-corrected chi connectivity index (χ1v) is 8.67. The molecule has 7 nitrogen and oxygen atoms in total. The summed E-state index contributed by atoms with van der Waals surface area (Å²) in [5, 5.41) is 17.4. The molecule has 0 N–H and O–H groups in total. The number of hydrogen-bond donors (Lipinski definition) is 0. The quantitative estimate of drug-likeness (QED) is 0.810. The standard InChI is InChI=1S/C15H24ClN7/c1-4-5-9-23-13(17-19-20-23)10-22-8-6-7-12(22)14-11(2)18-21(3)15(14)16/h12H,4-10H2,1-3H3. The maximum Gasteiger partial charge on any atom is 0.165 e. The highest BCUT2D eigenvalue weighted by Crippen LogP contribution is 2.38. The molecule has 3 heterocycles. The van der Waals surface area contributed by atoms with Gasteiger partial charge in [0.2, 0.25) is 0 Å². The predicted octanol–water partition coefficient (Wildman–Crippen LogP) is 2.51. The van der Waals surface area contributed by atoms with Gasteiger partial charge in [-0.2, -0.15) is 5.10 Å². The Labute approximate surface area is 141 Å². The highest BCUT2D eigenvalue weighted by molar-refractivity contribution is 6.30. The van der Waals surface area contributed by atoms with Gasteiger partial charge in [0, 0.05) is 25.2 Å². The normalized spacial score (nSPS) is 18.9. The average molecular weight is 338 g/mol. The van der Waals surface area contributed by atoms with Crippen LogP contribution in [0.3, 0.4) is 0 Å². The number of aryl methyl sites for hydroxylation is 3. The first kappa shape index (κ1) is 16.4. The lowest BCUT2D eigenvalue weighted by Crippen LogP contribution is -2.25. The van der Waals surface area contributed by atoms with Crippen LogP contribution in [0.15, 0.2) is 0 Å². The molecule has 0 amide bonds. The summed E-state index contributed by atoms with van der Waals surface area (Å²) >= 11 is 6.47. The Morgan fingerprint density at radius 3 is 2.87 bits per heavy atom. The Morgan fingerprint density at radius 1 is 1.35 bits per heavy atom. The summed E-state index contributed by atoms with van der Waals surface area (Å²) < 4.78 is 3.69. The SMILES string of the molecule is CCCCn1nnnc1CN1CCCC1c1c(C)nn(C)c1Cl. The van der Waals surface area contributed by atoms with Crippen molar-refractivity contribution in [2.45, 2.75) is 58.7 Å². The maximum atomic E-state index is 6.47. The van der Waals surface area contributed by atoms with Crippen LogP contribution in [-0.2, 0) is 20.1 Å². The largest absolute Gasteiger partial charge is 0.289 e. The zero-order chi connectivity index (χ0) is 16.4. The summed E-state index contributed by atoms with van der Waals surface area (Å²) in [5.41, 5.74) is 2.17. The second-order valence-electron chi connectivity index (χ2n) is 6.21. The predicted molar refractivity (Wildman–Crippen MR) is 88.1 cm³/mol. The molecule has 126 valence electrons. The molecular weight excluding hydrogens is 314 g/mol. The van der Waals surface area contributed by atoms with Crippen molar-refractivity contribution in [3.8, 4) is 0 Å². The Bertz CT molecular complexity index is 663. The molecule has 1 saturated heterocycles. The first-order chi connectivity index (χ1) is 11.1. The molecule has 0 aliphatic carbocycles. The van der Waals surface area contributed by atoms with Crippen molar-refractivity contribution >= 4 is 11.6 Å². The monoisotopic (exact) mass is 337 g/mol. The van der Waals surface area contributed by atoms with Crippen molar-refractivity contribution in [1.29, 1.82) is 0 Å². The molecule has 1 atom stereocenters. The lowest BCUT2D eigenvalue weighted by atomic mass is 10.1. The van der Waals surface area contributed by atoms with Gasteiger partial charge >= 0.3 is 0 Å². The van der Waals surface area contributed by atoms with Gasteiger partial charge in [-0.3, -0.25) is 9.58 Å². The van der Waals surface area contributed by atoms with E-state index in [0.29, 0.717) is 6.04 Å². The average Bonchev–Trinajstić information content (AvgIpc) is 3.20. The van der Waals surface area contributed by atoms with Crippen LogP contribution < -0.4 is 0 Å². The van der Waals surface area contributed by atoms with Gasteiger partial charge in [-0.15, -0.1) is 5.10 Å². The van der Waals surface area contributed by atoms with Gasteiger partial charge in [-0.1, -0.05) is 24.9 Å². The van der Waals surface area contributed by atoms with Gasteiger partial charge in [-0.05, 0) is 43.2 Å². The van der Waals surface area contributed by atoms with Crippen LogP contribution in [0.25, 0.3) is 0 Å². The molecule has 0 saturated carbocycles. The fourth-order valence-electron chi connectivity index (χ4n) is 3.37. The van der Waals surface area contributed by atoms with Crippen LogP contribution in [0.4, 0.5) is 0 Å². The summed E-state index contributed by atoms with van der Waals surface area (Å²) in [7, 11) is 1.89. The number of rotatable bonds is 6. The first-order valence-electron chi connectivity index (χ1n) is 8.30. The number of likely N-dealkylation sites (tertiary alicyclic amines) is 1. The van der Waals surface area contributed by atoms with Crippen molar-refractivity contribution in [3.05, 3.63) is 22.2 Å². The molecule has 2 aromatic rings. The Hall–Kier alpha value is -1.47. The van der Waals surface area contributed by atoms with E-state index in [-0.39, 0.29) is 0 Å². The van der Waals surface area contributed by atoms with E-state index in [9.17, 15) is 0 Å². The van der Waals surface area contributed by atoms with Gasteiger partial charge in [0.1, 0.15) is 5.15 Å². The minimum Gasteiger partial charge on any atom is -0.289 e. The van der Waals surface area contributed by atoms with Gasteiger partial charge in [0.05, 0.1) is 12.2 Å². The molecule has 2 aromatic heterocycles. The Balaban J connectivity index is 1.79. The van der Waals surface area contributed by atoms with Crippen molar-refractivity contribution in [1.82, 2.24) is 34.9 Å². The lowest BCUT2D eigenvalue weighted by Gasteiger charge is -2.24. The highest BCUT2D eigenvalue weighted by Gasteiger charge is 2.32. The minimum atomic E-state index is 0.299. The van der Waals surface area contributed by atoms with E-state index in [0.717, 1.165) is 67.6 Å². The lowest BCUT2D eigenvalue weighted by molar-refractivity contribution is 0.236. The second kappa shape index (κ2) is 6.97. The molecule has 1 unspecified atom stereocenters. The second-order valence-corrected chi connectivity index (χ2v) is 6.57.